The molecule has 1 saturated carbocycles. The molecule has 26 heavy (non-hydrogen) atoms. The van der Waals surface area contributed by atoms with Crippen LogP contribution in [-0.4, -0.2) is 18.1 Å². The highest BCUT2D eigenvalue weighted by Crippen LogP contribution is 2.35. The Morgan fingerprint density at radius 2 is 1.69 bits per heavy atom. The van der Waals surface area contributed by atoms with Gasteiger partial charge in [0.05, 0.1) is 0 Å². The van der Waals surface area contributed by atoms with E-state index in [0.717, 1.165) is 25.7 Å². The van der Waals surface area contributed by atoms with E-state index in [9.17, 15) is 4.79 Å². The second kappa shape index (κ2) is 9.54. The lowest BCUT2D eigenvalue weighted by Crippen LogP contribution is -2.40. The minimum Gasteiger partial charge on any atom is -0.461 e. The van der Waals surface area contributed by atoms with E-state index >= 15 is 0 Å². The van der Waals surface area contributed by atoms with Crippen molar-refractivity contribution in [3.63, 3.8) is 0 Å². The second-order valence-corrected chi connectivity index (χ2v) is 7.10. The maximum atomic E-state index is 12.8. The number of esters is 1. The molecule has 0 radical (unpaired) electrons. The van der Waals surface area contributed by atoms with Crippen molar-refractivity contribution in [2.45, 2.75) is 63.6 Å². The highest BCUT2D eigenvalue weighted by atomic mass is 16.5. The first-order valence-corrected chi connectivity index (χ1v) is 9.80. The summed E-state index contributed by atoms with van der Waals surface area (Å²) in [5.74, 6) is 0.205. The Kier molecular flexibility index (Phi) is 6.84. The van der Waals surface area contributed by atoms with Gasteiger partial charge in [-0.15, -0.1) is 0 Å². The van der Waals surface area contributed by atoms with Crippen molar-refractivity contribution in [3.8, 4) is 0 Å². The van der Waals surface area contributed by atoms with Crippen LogP contribution in [0.4, 0.5) is 0 Å². The zero-order valence-electron chi connectivity index (χ0n) is 15.6. The SMILES string of the molecule is CC[C@H](NCc1ccccc1)C(=O)O[C@@H]1CCCC[C@H]1c1ccccc1. The second-order valence-electron chi connectivity index (χ2n) is 7.10. The van der Waals surface area contributed by atoms with Gasteiger partial charge in [-0.05, 0) is 36.8 Å². The molecule has 1 aliphatic carbocycles. The summed E-state index contributed by atoms with van der Waals surface area (Å²) in [5.41, 5.74) is 2.47. The number of ether oxygens (including phenoxy) is 1. The molecule has 3 heteroatoms. The minimum atomic E-state index is -0.256. The van der Waals surface area contributed by atoms with E-state index in [1.54, 1.807) is 0 Å². The van der Waals surface area contributed by atoms with Crippen LogP contribution in [0.15, 0.2) is 60.7 Å². The molecule has 2 aromatic carbocycles. The lowest BCUT2D eigenvalue weighted by atomic mass is 9.81. The number of carbonyl (C=O) groups is 1. The number of nitrogens with one attached hydrogen (secondary N) is 1. The molecule has 0 spiro atoms. The standard InChI is InChI=1S/C23H29NO2/c1-2-21(24-17-18-11-5-3-6-12-18)23(25)26-22-16-10-9-15-20(22)19-13-7-4-8-14-19/h3-8,11-14,20-22,24H,2,9-10,15-17H2,1H3/t20-,21-,22+/m0/s1. The summed E-state index contributed by atoms with van der Waals surface area (Å²) in [5, 5.41) is 3.36. The third kappa shape index (κ3) is 4.95. The van der Waals surface area contributed by atoms with Gasteiger partial charge >= 0.3 is 5.97 Å². The minimum absolute atomic E-state index is 0.00812. The smallest absolute Gasteiger partial charge is 0.323 e. The average Bonchev–Trinajstić information content (AvgIpc) is 2.70. The van der Waals surface area contributed by atoms with Crippen molar-refractivity contribution < 1.29 is 9.53 Å². The lowest BCUT2D eigenvalue weighted by molar-refractivity contribution is -0.154. The number of carbonyl (C=O) groups excluding carboxylic acids is 1. The largest absolute Gasteiger partial charge is 0.461 e. The van der Waals surface area contributed by atoms with E-state index < -0.39 is 0 Å². The molecule has 3 nitrogen and oxygen atoms in total. The van der Waals surface area contributed by atoms with Crippen LogP contribution in [0, 0.1) is 0 Å². The van der Waals surface area contributed by atoms with Crippen molar-refractivity contribution in [1.29, 1.82) is 0 Å². The monoisotopic (exact) mass is 351 g/mol. The Bertz CT molecular complexity index is 671. The summed E-state index contributed by atoms with van der Waals surface area (Å²) in [6.07, 6.45) is 5.11. The molecule has 2 aromatic rings. The van der Waals surface area contributed by atoms with Crippen LogP contribution in [0.3, 0.4) is 0 Å². The molecule has 0 aliphatic heterocycles. The maximum Gasteiger partial charge on any atom is 0.323 e. The van der Waals surface area contributed by atoms with Gasteiger partial charge in [-0.1, -0.05) is 74.0 Å². The van der Waals surface area contributed by atoms with E-state index in [-0.39, 0.29) is 18.1 Å². The summed E-state index contributed by atoms with van der Waals surface area (Å²) >= 11 is 0. The predicted octanol–water partition coefficient (Wildman–Crippen LogP) is 4.82. The highest BCUT2D eigenvalue weighted by molar-refractivity contribution is 5.76. The van der Waals surface area contributed by atoms with Gasteiger partial charge in [0, 0.05) is 12.5 Å². The van der Waals surface area contributed by atoms with Gasteiger partial charge in [-0.3, -0.25) is 4.79 Å². The summed E-state index contributed by atoms with van der Waals surface area (Å²) in [6.45, 7) is 2.71. The third-order valence-electron chi connectivity index (χ3n) is 5.29. The molecular weight excluding hydrogens is 322 g/mol. The van der Waals surface area contributed by atoms with Gasteiger partial charge in [0.25, 0.3) is 0 Å². The predicted molar refractivity (Wildman–Crippen MR) is 105 cm³/mol. The topological polar surface area (TPSA) is 38.3 Å². The summed E-state index contributed by atoms with van der Waals surface area (Å²) in [6, 6.07) is 20.4. The van der Waals surface area contributed by atoms with Crippen LogP contribution < -0.4 is 5.32 Å². The lowest BCUT2D eigenvalue weighted by Gasteiger charge is -2.32. The first kappa shape index (κ1) is 18.7. The maximum absolute atomic E-state index is 12.8. The quantitative estimate of drug-likeness (QED) is 0.727. The molecule has 0 heterocycles. The molecule has 3 rings (SSSR count). The van der Waals surface area contributed by atoms with Crippen molar-refractivity contribution in [2.24, 2.45) is 0 Å². The first-order chi connectivity index (χ1) is 12.8. The van der Waals surface area contributed by atoms with Gasteiger partial charge < -0.3 is 10.1 Å². The van der Waals surface area contributed by atoms with Gasteiger partial charge in [0.1, 0.15) is 12.1 Å². The Morgan fingerprint density at radius 3 is 2.38 bits per heavy atom. The van der Waals surface area contributed by atoms with Crippen LogP contribution in [0.5, 0.6) is 0 Å². The Balaban J connectivity index is 1.60. The van der Waals surface area contributed by atoms with Crippen LogP contribution in [0.2, 0.25) is 0 Å². The van der Waals surface area contributed by atoms with Crippen molar-refractivity contribution in [2.75, 3.05) is 0 Å². The molecule has 0 bridgehead atoms. The zero-order chi connectivity index (χ0) is 18.2. The molecule has 0 saturated heterocycles. The summed E-state index contributed by atoms with van der Waals surface area (Å²) in [4.78, 5) is 12.8. The van der Waals surface area contributed by atoms with Gasteiger partial charge in [-0.2, -0.15) is 0 Å². The highest BCUT2D eigenvalue weighted by Gasteiger charge is 2.31. The molecule has 1 N–H and O–H groups in total. The van der Waals surface area contributed by atoms with E-state index in [1.807, 2.05) is 31.2 Å². The van der Waals surface area contributed by atoms with E-state index in [2.05, 4.69) is 41.7 Å². The average molecular weight is 351 g/mol. The zero-order valence-corrected chi connectivity index (χ0v) is 15.6. The Morgan fingerprint density at radius 1 is 1.04 bits per heavy atom. The van der Waals surface area contributed by atoms with Gasteiger partial charge in [-0.25, -0.2) is 0 Å². The van der Waals surface area contributed by atoms with Crippen molar-refractivity contribution >= 4 is 5.97 Å². The van der Waals surface area contributed by atoms with E-state index in [1.165, 1.54) is 17.5 Å². The number of hydrogen-bond donors (Lipinski definition) is 1. The molecule has 3 atom stereocenters. The van der Waals surface area contributed by atoms with Gasteiger partial charge in [0.2, 0.25) is 0 Å². The molecular formula is C23H29NO2. The molecule has 0 unspecified atom stereocenters. The van der Waals surface area contributed by atoms with Crippen LogP contribution in [-0.2, 0) is 16.1 Å². The number of rotatable bonds is 7. The van der Waals surface area contributed by atoms with Crippen LogP contribution in [0.1, 0.15) is 56.1 Å². The van der Waals surface area contributed by atoms with E-state index in [0.29, 0.717) is 12.5 Å². The van der Waals surface area contributed by atoms with Crippen molar-refractivity contribution in [1.82, 2.24) is 5.32 Å². The van der Waals surface area contributed by atoms with Crippen LogP contribution in [0.25, 0.3) is 0 Å². The fraction of sp³-hybridized carbons (Fsp3) is 0.435. The Hall–Kier alpha value is -2.13. The summed E-state index contributed by atoms with van der Waals surface area (Å²) < 4.78 is 6.00. The van der Waals surface area contributed by atoms with Gasteiger partial charge in [0.15, 0.2) is 0 Å². The molecule has 0 aromatic heterocycles. The molecule has 1 fully saturated rings. The fourth-order valence-corrected chi connectivity index (χ4v) is 3.78. The van der Waals surface area contributed by atoms with Crippen molar-refractivity contribution in [3.05, 3.63) is 71.8 Å². The molecule has 0 amide bonds. The van der Waals surface area contributed by atoms with Crippen LogP contribution >= 0.6 is 0 Å². The summed E-state index contributed by atoms with van der Waals surface area (Å²) in [7, 11) is 0. The fourth-order valence-electron chi connectivity index (χ4n) is 3.78. The Labute approximate surface area is 156 Å². The first-order valence-electron chi connectivity index (χ1n) is 9.80. The number of hydrogen-bond acceptors (Lipinski definition) is 3. The van der Waals surface area contributed by atoms with E-state index in [4.69, 9.17) is 4.74 Å². The number of benzene rings is 2. The normalized spacial score (nSPS) is 21.1. The molecule has 1 aliphatic rings. The molecule has 138 valence electrons. The third-order valence-corrected chi connectivity index (χ3v) is 5.29.